The van der Waals surface area contributed by atoms with Crippen LogP contribution in [0.2, 0.25) is 0 Å². The minimum atomic E-state index is -1.08. The highest BCUT2D eigenvalue weighted by molar-refractivity contribution is 6.22. The molecule has 3 heterocycles. The lowest BCUT2D eigenvalue weighted by molar-refractivity contribution is -0.123. The summed E-state index contributed by atoms with van der Waals surface area (Å²) in [5.41, 5.74) is 2.82. The zero-order chi connectivity index (χ0) is 28.2. The van der Waals surface area contributed by atoms with Crippen molar-refractivity contribution in [2.75, 3.05) is 18.1 Å². The molecule has 9 nitrogen and oxygen atoms in total. The molecule has 208 valence electrons. The molecule has 0 saturated carbocycles. The van der Waals surface area contributed by atoms with Gasteiger partial charge < -0.3 is 24.8 Å². The van der Waals surface area contributed by atoms with Crippen molar-refractivity contribution in [2.24, 2.45) is 17.8 Å². The van der Waals surface area contributed by atoms with Crippen molar-refractivity contribution in [1.82, 2.24) is 4.98 Å². The quantitative estimate of drug-likeness (QED) is 0.225. The number of aliphatic hydroxyl groups excluding tert-OH is 4. The van der Waals surface area contributed by atoms with Gasteiger partial charge in [0.05, 0.1) is 42.5 Å². The molecule has 9 heteroatoms. The molecule has 1 aliphatic carbocycles. The van der Waals surface area contributed by atoms with Gasteiger partial charge in [-0.25, -0.2) is 0 Å². The molecule has 0 unspecified atom stereocenters. The predicted molar refractivity (Wildman–Crippen MR) is 147 cm³/mol. The Bertz CT molecular complexity index is 1410. The second kappa shape index (κ2) is 12.1. The Morgan fingerprint density at radius 2 is 1.77 bits per heavy atom. The van der Waals surface area contributed by atoms with Crippen molar-refractivity contribution < 1.29 is 34.4 Å². The number of hydrogen-bond acceptors (Lipinski definition) is 8. The van der Waals surface area contributed by atoms with E-state index in [-0.39, 0.29) is 25.4 Å². The summed E-state index contributed by atoms with van der Waals surface area (Å²) in [6, 6.07) is 17.6. The highest BCUT2D eigenvalue weighted by Crippen LogP contribution is 2.47. The lowest BCUT2D eigenvalue weighted by Crippen LogP contribution is -2.39. The van der Waals surface area contributed by atoms with Crippen LogP contribution in [-0.4, -0.2) is 56.5 Å². The molecule has 0 radical (unpaired) electrons. The molecule has 4 N–H and O–H groups in total. The first-order valence-electron chi connectivity index (χ1n) is 13.3. The Morgan fingerprint density at radius 1 is 1.00 bits per heavy atom. The Kier molecular flexibility index (Phi) is 8.37. The molecule has 1 aliphatic heterocycles. The summed E-state index contributed by atoms with van der Waals surface area (Å²) in [5, 5.41) is 41.5. The van der Waals surface area contributed by atoms with Gasteiger partial charge in [0.15, 0.2) is 0 Å². The van der Waals surface area contributed by atoms with Crippen molar-refractivity contribution in [1.29, 1.82) is 0 Å². The van der Waals surface area contributed by atoms with E-state index in [1.54, 1.807) is 60.8 Å². The van der Waals surface area contributed by atoms with Gasteiger partial charge in [0, 0.05) is 12.1 Å². The number of hydrogen-bond donors (Lipinski definition) is 4. The zero-order valence-electron chi connectivity index (χ0n) is 21.9. The van der Waals surface area contributed by atoms with Gasteiger partial charge >= 0.3 is 0 Å². The zero-order valence-corrected chi connectivity index (χ0v) is 21.9. The smallest absolute Gasteiger partial charge is 0.238 e. The van der Waals surface area contributed by atoms with Crippen molar-refractivity contribution in [3.8, 4) is 0 Å². The van der Waals surface area contributed by atoms with E-state index in [2.05, 4.69) is 4.98 Å². The molecule has 5 rings (SSSR count). The second-order valence-corrected chi connectivity index (χ2v) is 10.1. The minimum absolute atomic E-state index is 0.136. The van der Waals surface area contributed by atoms with Crippen LogP contribution in [0.1, 0.15) is 36.5 Å². The van der Waals surface area contributed by atoms with Gasteiger partial charge in [0.1, 0.15) is 18.1 Å². The molecule has 4 atom stereocenters. The number of anilines is 1. The molecule has 2 amide bonds. The predicted octanol–water partition coefficient (Wildman–Crippen LogP) is 2.96. The summed E-state index contributed by atoms with van der Waals surface area (Å²) in [6.07, 6.45) is 3.10. The molecule has 3 aromatic rings. The highest BCUT2D eigenvalue weighted by atomic mass is 16.4. The molecule has 0 spiro atoms. The van der Waals surface area contributed by atoms with Gasteiger partial charge in [-0.3, -0.25) is 19.5 Å². The van der Waals surface area contributed by atoms with Crippen LogP contribution >= 0.6 is 0 Å². The third kappa shape index (κ3) is 5.29. The second-order valence-electron chi connectivity index (χ2n) is 10.1. The standard InChI is InChI=1S/C31H32N2O7/c34-16-20-15-24-29(31(39)33(30(24)38)21-6-2-1-3-7-21)25(18-36)28(20)27(37)12-9-19(26-8-4-5-13-32-26)14-22-10-11-23(17-35)40-22/h1-8,10-11,13-14,24-25,27,29,34-37H,9,12,15-18H2/b19-14-/t24-,25+,27-,29-/m1/s1. The van der Waals surface area contributed by atoms with Gasteiger partial charge in [0.25, 0.3) is 0 Å². The summed E-state index contributed by atoms with van der Waals surface area (Å²) in [7, 11) is 0. The van der Waals surface area contributed by atoms with E-state index in [0.717, 1.165) is 10.5 Å². The number of allylic oxidation sites excluding steroid dienone is 1. The average Bonchev–Trinajstić information content (AvgIpc) is 3.56. The van der Waals surface area contributed by atoms with E-state index in [1.165, 1.54) is 0 Å². The summed E-state index contributed by atoms with van der Waals surface area (Å²) >= 11 is 0. The normalized spacial score (nSPS) is 22.1. The minimum Gasteiger partial charge on any atom is -0.459 e. The van der Waals surface area contributed by atoms with Crippen LogP contribution in [0.25, 0.3) is 11.6 Å². The number of imide groups is 1. The van der Waals surface area contributed by atoms with E-state index in [0.29, 0.717) is 40.5 Å². The number of carbonyl (C=O) groups excluding carboxylic acids is 2. The van der Waals surface area contributed by atoms with E-state index >= 15 is 0 Å². The Balaban J connectivity index is 1.42. The summed E-state index contributed by atoms with van der Waals surface area (Å²) in [5.74, 6) is -2.17. The number of para-hydroxylation sites is 1. The number of aliphatic hydroxyl groups is 4. The maximum atomic E-state index is 13.5. The Labute approximate surface area is 231 Å². The number of aromatic nitrogens is 1. The molecular formula is C31H32N2O7. The van der Waals surface area contributed by atoms with Crippen LogP contribution in [-0.2, 0) is 16.2 Å². The molecule has 0 bridgehead atoms. The van der Waals surface area contributed by atoms with E-state index < -0.39 is 43.0 Å². The first kappa shape index (κ1) is 27.7. The molecule has 2 aromatic heterocycles. The van der Waals surface area contributed by atoms with Gasteiger partial charge in [-0.05, 0) is 78.5 Å². The average molecular weight is 545 g/mol. The maximum absolute atomic E-state index is 13.5. The SMILES string of the molecule is O=C1[C@@H]2[C@@H](CC(CO)=C([C@H](O)CC/C(=C/c3ccc(CO)o3)c3ccccn3)[C@@H]2CO)C(=O)N1c1ccccc1. The molecule has 1 saturated heterocycles. The number of pyridine rings is 1. The fourth-order valence-corrected chi connectivity index (χ4v) is 5.94. The number of carbonyl (C=O) groups is 2. The maximum Gasteiger partial charge on any atom is 0.238 e. The van der Waals surface area contributed by atoms with Crippen LogP contribution < -0.4 is 4.90 Å². The Morgan fingerprint density at radius 3 is 2.42 bits per heavy atom. The summed E-state index contributed by atoms with van der Waals surface area (Å²) in [4.78, 5) is 32.5. The number of amides is 2. The number of rotatable bonds is 10. The van der Waals surface area contributed by atoms with E-state index in [1.807, 2.05) is 12.1 Å². The van der Waals surface area contributed by atoms with Gasteiger partial charge in [-0.1, -0.05) is 24.3 Å². The molecule has 1 aromatic carbocycles. The van der Waals surface area contributed by atoms with Crippen LogP contribution in [0.5, 0.6) is 0 Å². The van der Waals surface area contributed by atoms with Crippen molar-refractivity contribution in [3.63, 3.8) is 0 Å². The highest BCUT2D eigenvalue weighted by Gasteiger charge is 2.55. The fraction of sp³-hybridized carbons (Fsp3) is 0.323. The largest absolute Gasteiger partial charge is 0.459 e. The first-order valence-corrected chi connectivity index (χ1v) is 13.3. The monoisotopic (exact) mass is 544 g/mol. The number of benzene rings is 1. The molecule has 1 fully saturated rings. The summed E-state index contributed by atoms with van der Waals surface area (Å²) < 4.78 is 5.63. The number of furan rings is 1. The van der Waals surface area contributed by atoms with E-state index in [4.69, 9.17) is 4.42 Å². The van der Waals surface area contributed by atoms with Crippen molar-refractivity contribution >= 4 is 29.2 Å². The lowest BCUT2D eigenvalue weighted by Gasteiger charge is -2.36. The van der Waals surface area contributed by atoms with Gasteiger partial charge in [-0.15, -0.1) is 0 Å². The molecular weight excluding hydrogens is 512 g/mol. The van der Waals surface area contributed by atoms with Crippen LogP contribution in [0.4, 0.5) is 5.69 Å². The van der Waals surface area contributed by atoms with Crippen LogP contribution in [0.15, 0.2) is 82.4 Å². The third-order valence-corrected chi connectivity index (χ3v) is 7.78. The topological polar surface area (TPSA) is 144 Å². The van der Waals surface area contributed by atoms with Gasteiger partial charge in [-0.2, -0.15) is 0 Å². The third-order valence-electron chi connectivity index (χ3n) is 7.78. The van der Waals surface area contributed by atoms with Gasteiger partial charge in [0.2, 0.25) is 11.8 Å². The molecule has 2 aliphatic rings. The molecule has 40 heavy (non-hydrogen) atoms. The Hall–Kier alpha value is -3.89. The first-order chi connectivity index (χ1) is 19.5. The lowest BCUT2D eigenvalue weighted by atomic mass is 9.68. The van der Waals surface area contributed by atoms with Crippen LogP contribution in [0.3, 0.4) is 0 Å². The number of nitrogens with zero attached hydrogens (tertiary/aromatic N) is 2. The summed E-state index contributed by atoms with van der Waals surface area (Å²) in [6.45, 7) is -1.06. The van der Waals surface area contributed by atoms with E-state index in [9.17, 15) is 30.0 Å². The van der Waals surface area contributed by atoms with Crippen LogP contribution in [0, 0.1) is 17.8 Å². The fourth-order valence-electron chi connectivity index (χ4n) is 5.94. The van der Waals surface area contributed by atoms with Crippen molar-refractivity contribution in [2.45, 2.75) is 32.0 Å². The van der Waals surface area contributed by atoms with Crippen molar-refractivity contribution in [3.05, 3.63) is 95.2 Å². The number of fused-ring (bicyclic) bond motifs is 1.